The van der Waals surface area contributed by atoms with Crippen LogP contribution in [0.15, 0.2) is 47.4 Å². The minimum Gasteiger partial charge on any atom is -0.497 e. The number of benzene rings is 2. The van der Waals surface area contributed by atoms with E-state index < -0.39 is 10.0 Å². The van der Waals surface area contributed by atoms with Gasteiger partial charge < -0.3 is 10.1 Å². The summed E-state index contributed by atoms with van der Waals surface area (Å²) in [6, 6.07) is 12.3. The summed E-state index contributed by atoms with van der Waals surface area (Å²) in [5, 5.41) is 3.06. The molecule has 1 N–H and O–H groups in total. The maximum atomic E-state index is 13.2. The number of aryl methyl sites for hydroxylation is 1. The van der Waals surface area contributed by atoms with Gasteiger partial charge in [0.1, 0.15) is 5.75 Å². The molecule has 1 aliphatic rings. The van der Waals surface area contributed by atoms with Gasteiger partial charge in [0.05, 0.1) is 18.0 Å². The van der Waals surface area contributed by atoms with E-state index in [-0.39, 0.29) is 16.8 Å². The van der Waals surface area contributed by atoms with E-state index in [9.17, 15) is 13.2 Å². The molecule has 31 heavy (non-hydrogen) atoms. The van der Waals surface area contributed by atoms with Gasteiger partial charge in [0.15, 0.2) is 0 Å². The van der Waals surface area contributed by atoms with Gasteiger partial charge in [0.2, 0.25) is 10.0 Å². The lowest BCUT2D eigenvalue weighted by Gasteiger charge is -2.21. The van der Waals surface area contributed by atoms with Gasteiger partial charge in [-0.3, -0.25) is 4.79 Å². The molecule has 1 unspecified atom stereocenters. The van der Waals surface area contributed by atoms with Crippen LogP contribution in [0.25, 0.3) is 0 Å². The molecular formula is C24H32N2O4S. The molecular weight excluding hydrogens is 412 g/mol. The van der Waals surface area contributed by atoms with Gasteiger partial charge in [0.25, 0.3) is 5.91 Å². The number of carbonyl (C=O) groups excluding carboxylic acids is 1. The average Bonchev–Trinajstić information content (AvgIpc) is 3.08. The van der Waals surface area contributed by atoms with Crippen molar-refractivity contribution in [1.29, 1.82) is 0 Å². The van der Waals surface area contributed by atoms with E-state index >= 15 is 0 Å². The normalized spacial score (nSPS) is 16.4. The van der Waals surface area contributed by atoms with Crippen LogP contribution in [-0.4, -0.2) is 38.8 Å². The first kappa shape index (κ1) is 23.3. The highest BCUT2D eigenvalue weighted by molar-refractivity contribution is 7.89. The second kappa shape index (κ2) is 10.3. The Bertz CT molecular complexity index is 995. The van der Waals surface area contributed by atoms with Gasteiger partial charge in [-0.1, -0.05) is 38.0 Å². The van der Waals surface area contributed by atoms with Gasteiger partial charge in [0, 0.05) is 18.7 Å². The Morgan fingerprint density at radius 1 is 1.06 bits per heavy atom. The summed E-state index contributed by atoms with van der Waals surface area (Å²) in [6.07, 6.45) is 4.56. The van der Waals surface area contributed by atoms with Crippen LogP contribution >= 0.6 is 0 Å². The lowest BCUT2D eigenvalue weighted by atomic mass is 10.0. The highest BCUT2D eigenvalue weighted by Crippen LogP contribution is 2.24. The van der Waals surface area contributed by atoms with Crippen molar-refractivity contribution in [1.82, 2.24) is 9.62 Å². The number of amides is 1. The number of sulfonamides is 1. The number of methoxy groups -OCH3 is 1. The van der Waals surface area contributed by atoms with E-state index in [1.807, 2.05) is 38.1 Å². The van der Waals surface area contributed by atoms with Crippen molar-refractivity contribution in [3.05, 3.63) is 59.2 Å². The van der Waals surface area contributed by atoms with Gasteiger partial charge in [-0.05, 0) is 61.6 Å². The van der Waals surface area contributed by atoms with Crippen molar-refractivity contribution in [3.63, 3.8) is 0 Å². The monoisotopic (exact) mass is 444 g/mol. The number of ether oxygens (including phenoxy) is 1. The van der Waals surface area contributed by atoms with Crippen LogP contribution in [0.1, 0.15) is 66.6 Å². The summed E-state index contributed by atoms with van der Waals surface area (Å²) in [5.41, 5.74) is 2.11. The van der Waals surface area contributed by atoms with Crippen molar-refractivity contribution >= 4 is 15.9 Å². The zero-order valence-corrected chi connectivity index (χ0v) is 19.4. The van der Waals surface area contributed by atoms with Gasteiger partial charge in [-0.25, -0.2) is 8.42 Å². The first-order valence-electron chi connectivity index (χ1n) is 10.9. The standard InChI is InChI=1S/C24H32N2O4S/c1-4-23(19-10-12-20(30-3)13-11-19)25-24(27)22-17-21(14-9-18(22)2)31(28,29)26-15-7-5-6-8-16-26/h9-14,17,23H,4-8,15-16H2,1-3H3,(H,25,27). The van der Waals surface area contributed by atoms with E-state index in [0.29, 0.717) is 25.1 Å². The molecule has 3 rings (SSSR count). The molecule has 1 aliphatic heterocycles. The molecule has 2 aromatic carbocycles. The predicted molar refractivity (Wildman–Crippen MR) is 122 cm³/mol. The van der Waals surface area contributed by atoms with E-state index in [0.717, 1.165) is 42.6 Å². The van der Waals surface area contributed by atoms with Crippen LogP contribution in [-0.2, 0) is 10.0 Å². The van der Waals surface area contributed by atoms with Gasteiger partial charge >= 0.3 is 0 Å². The van der Waals surface area contributed by atoms with Crippen LogP contribution in [0.2, 0.25) is 0 Å². The lowest BCUT2D eigenvalue weighted by Crippen LogP contribution is -2.32. The third kappa shape index (κ3) is 5.46. The average molecular weight is 445 g/mol. The quantitative estimate of drug-likeness (QED) is 0.685. The Morgan fingerprint density at radius 3 is 2.29 bits per heavy atom. The fraction of sp³-hybridized carbons (Fsp3) is 0.458. The minimum atomic E-state index is -3.61. The first-order valence-corrected chi connectivity index (χ1v) is 12.4. The highest BCUT2D eigenvalue weighted by Gasteiger charge is 2.26. The van der Waals surface area contributed by atoms with Gasteiger partial charge in [-0.2, -0.15) is 4.31 Å². The van der Waals surface area contributed by atoms with E-state index in [1.165, 1.54) is 6.07 Å². The molecule has 0 saturated carbocycles. The van der Waals surface area contributed by atoms with Crippen LogP contribution in [0.3, 0.4) is 0 Å². The SMILES string of the molecule is CCC(NC(=O)c1cc(S(=O)(=O)N2CCCCCC2)ccc1C)c1ccc(OC)cc1. The van der Waals surface area contributed by atoms with E-state index in [2.05, 4.69) is 5.32 Å². The number of rotatable bonds is 7. The fourth-order valence-electron chi connectivity index (χ4n) is 3.93. The van der Waals surface area contributed by atoms with E-state index in [4.69, 9.17) is 4.74 Å². The summed E-state index contributed by atoms with van der Waals surface area (Å²) in [5.74, 6) is 0.486. The largest absolute Gasteiger partial charge is 0.497 e. The van der Waals surface area contributed by atoms with Crippen LogP contribution in [0, 0.1) is 6.92 Å². The molecule has 0 radical (unpaired) electrons. The molecule has 1 amide bonds. The second-order valence-electron chi connectivity index (χ2n) is 8.00. The zero-order valence-electron chi connectivity index (χ0n) is 18.6. The van der Waals surface area contributed by atoms with Crippen LogP contribution in [0.5, 0.6) is 5.75 Å². The Morgan fingerprint density at radius 2 is 1.71 bits per heavy atom. The molecule has 6 nitrogen and oxygen atoms in total. The number of nitrogens with one attached hydrogen (secondary N) is 1. The number of carbonyl (C=O) groups is 1. The molecule has 1 atom stereocenters. The smallest absolute Gasteiger partial charge is 0.252 e. The van der Waals surface area contributed by atoms with Gasteiger partial charge in [-0.15, -0.1) is 0 Å². The third-order valence-corrected chi connectivity index (χ3v) is 7.78. The van der Waals surface area contributed by atoms with Crippen molar-refractivity contribution in [2.45, 2.75) is 56.9 Å². The fourth-order valence-corrected chi connectivity index (χ4v) is 5.47. The molecule has 0 aromatic heterocycles. The molecule has 168 valence electrons. The minimum absolute atomic E-state index is 0.177. The van der Waals surface area contributed by atoms with Crippen molar-refractivity contribution in [2.24, 2.45) is 0 Å². The highest BCUT2D eigenvalue weighted by atomic mass is 32.2. The van der Waals surface area contributed by atoms with Crippen LogP contribution in [0.4, 0.5) is 0 Å². The molecule has 0 spiro atoms. The van der Waals surface area contributed by atoms with E-state index in [1.54, 1.807) is 23.5 Å². The molecule has 0 aliphatic carbocycles. The maximum Gasteiger partial charge on any atom is 0.252 e. The Labute approximate surface area is 185 Å². The molecule has 0 bridgehead atoms. The number of hydrogen-bond acceptors (Lipinski definition) is 4. The van der Waals surface area contributed by atoms with Crippen molar-refractivity contribution in [2.75, 3.05) is 20.2 Å². The molecule has 1 fully saturated rings. The van der Waals surface area contributed by atoms with Crippen molar-refractivity contribution in [3.8, 4) is 5.75 Å². The molecule has 2 aromatic rings. The molecule has 1 saturated heterocycles. The Hall–Kier alpha value is -2.38. The summed E-state index contributed by atoms with van der Waals surface area (Å²) in [4.78, 5) is 13.3. The Kier molecular flexibility index (Phi) is 7.73. The van der Waals surface area contributed by atoms with Crippen molar-refractivity contribution < 1.29 is 17.9 Å². The molecule has 7 heteroatoms. The number of hydrogen-bond donors (Lipinski definition) is 1. The first-order chi connectivity index (χ1) is 14.9. The predicted octanol–water partition coefficient (Wildman–Crippen LogP) is 4.45. The Balaban J connectivity index is 1.83. The summed E-state index contributed by atoms with van der Waals surface area (Å²) in [6.45, 7) is 4.90. The zero-order chi connectivity index (χ0) is 22.4. The third-order valence-electron chi connectivity index (χ3n) is 5.89. The lowest BCUT2D eigenvalue weighted by molar-refractivity contribution is 0.0934. The van der Waals surface area contributed by atoms with Crippen LogP contribution < -0.4 is 10.1 Å². The summed E-state index contributed by atoms with van der Waals surface area (Å²) >= 11 is 0. The second-order valence-corrected chi connectivity index (χ2v) is 9.94. The molecule has 1 heterocycles. The summed E-state index contributed by atoms with van der Waals surface area (Å²) < 4.78 is 33.1. The number of nitrogens with zero attached hydrogens (tertiary/aromatic N) is 1. The topological polar surface area (TPSA) is 75.7 Å². The summed E-state index contributed by atoms with van der Waals surface area (Å²) in [7, 11) is -2.00. The maximum absolute atomic E-state index is 13.2.